The highest BCUT2D eigenvalue weighted by Crippen LogP contribution is 2.33. The Hall–Kier alpha value is -0.120. The van der Waals surface area contributed by atoms with E-state index in [1.165, 1.54) is 12.8 Å². The lowest BCUT2D eigenvalue weighted by Crippen LogP contribution is -2.46. The fourth-order valence-electron chi connectivity index (χ4n) is 3.10. The molecule has 0 amide bonds. The average molecular weight is 241 g/mol. The third-order valence-electron chi connectivity index (χ3n) is 4.18. The molecule has 4 unspecified atom stereocenters. The van der Waals surface area contributed by atoms with E-state index >= 15 is 0 Å². The lowest BCUT2D eigenvalue weighted by Gasteiger charge is -2.39. The van der Waals surface area contributed by atoms with Crippen LogP contribution in [0.1, 0.15) is 26.7 Å². The van der Waals surface area contributed by atoms with Gasteiger partial charge >= 0.3 is 0 Å². The first kappa shape index (κ1) is 14.9. The highest BCUT2D eigenvalue weighted by Gasteiger charge is 2.32. The van der Waals surface area contributed by atoms with Crippen molar-refractivity contribution in [1.29, 1.82) is 0 Å². The zero-order chi connectivity index (χ0) is 13.0. The molecule has 0 heterocycles. The van der Waals surface area contributed by atoms with E-state index in [1.807, 2.05) is 0 Å². The summed E-state index contributed by atoms with van der Waals surface area (Å²) >= 11 is 0. The van der Waals surface area contributed by atoms with Crippen molar-refractivity contribution >= 4 is 0 Å². The minimum absolute atomic E-state index is 0.399. The smallest absolute Gasteiger partial charge is 0.0106 e. The fraction of sp³-hybridized carbons (Fsp3) is 1.00. The quantitative estimate of drug-likeness (QED) is 0.791. The summed E-state index contributed by atoms with van der Waals surface area (Å²) in [7, 11) is 6.48. The van der Waals surface area contributed by atoms with Crippen molar-refractivity contribution in [2.75, 3.05) is 40.8 Å². The minimum Gasteiger partial charge on any atom is -0.327 e. The van der Waals surface area contributed by atoms with Gasteiger partial charge in [0.1, 0.15) is 0 Å². The SMILES string of the molecule is CC1CC(C)C(CN(C)CCN(C)C)C(N)C1. The van der Waals surface area contributed by atoms with Gasteiger partial charge in [-0.3, -0.25) is 0 Å². The molecule has 2 N–H and O–H groups in total. The Morgan fingerprint density at radius 2 is 1.71 bits per heavy atom. The number of nitrogens with two attached hydrogens (primary N) is 1. The second-order valence-electron chi connectivity index (χ2n) is 6.45. The Balaban J connectivity index is 2.38. The summed E-state index contributed by atoms with van der Waals surface area (Å²) in [5.74, 6) is 2.26. The van der Waals surface area contributed by atoms with E-state index in [-0.39, 0.29) is 0 Å². The molecule has 1 rings (SSSR count). The molecule has 1 aliphatic rings. The molecule has 17 heavy (non-hydrogen) atoms. The fourth-order valence-corrected chi connectivity index (χ4v) is 3.10. The zero-order valence-electron chi connectivity index (χ0n) is 12.3. The van der Waals surface area contributed by atoms with E-state index in [0.29, 0.717) is 12.0 Å². The molecule has 0 spiro atoms. The Morgan fingerprint density at radius 1 is 1.06 bits per heavy atom. The van der Waals surface area contributed by atoms with Gasteiger partial charge in [0.2, 0.25) is 0 Å². The summed E-state index contributed by atoms with van der Waals surface area (Å²) in [5.41, 5.74) is 6.33. The molecule has 4 atom stereocenters. The summed E-state index contributed by atoms with van der Waals surface area (Å²) in [4.78, 5) is 4.68. The summed E-state index contributed by atoms with van der Waals surface area (Å²) in [6.45, 7) is 8.13. The Bertz CT molecular complexity index is 206. The molecular formula is C14H31N3. The van der Waals surface area contributed by atoms with Gasteiger partial charge in [-0.1, -0.05) is 13.8 Å². The molecule has 1 fully saturated rings. The maximum atomic E-state index is 6.33. The normalized spacial score (nSPS) is 34.6. The van der Waals surface area contributed by atoms with Gasteiger partial charge in [0.05, 0.1) is 0 Å². The van der Waals surface area contributed by atoms with Gasteiger partial charge in [-0.05, 0) is 51.7 Å². The van der Waals surface area contributed by atoms with Crippen LogP contribution < -0.4 is 5.73 Å². The molecule has 0 aromatic rings. The maximum Gasteiger partial charge on any atom is 0.0106 e. The molecule has 3 nitrogen and oxygen atoms in total. The van der Waals surface area contributed by atoms with Crippen molar-refractivity contribution < 1.29 is 0 Å². The molecule has 1 aliphatic carbocycles. The van der Waals surface area contributed by atoms with Gasteiger partial charge in [0.25, 0.3) is 0 Å². The monoisotopic (exact) mass is 241 g/mol. The number of likely N-dealkylation sites (N-methyl/N-ethyl adjacent to an activating group) is 2. The van der Waals surface area contributed by atoms with E-state index < -0.39 is 0 Å². The van der Waals surface area contributed by atoms with Gasteiger partial charge in [-0.15, -0.1) is 0 Å². The van der Waals surface area contributed by atoms with Crippen LogP contribution in [0.2, 0.25) is 0 Å². The highest BCUT2D eigenvalue weighted by atomic mass is 15.1. The molecule has 0 saturated heterocycles. The van der Waals surface area contributed by atoms with Crippen molar-refractivity contribution in [3.8, 4) is 0 Å². The van der Waals surface area contributed by atoms with E-state index in [4.69, 9.17) is 5.73 Å². The Labute approximate surface area is 107 Å². The second kappa shape index (κ2) is 6.72. The molecule has 1 saturated carbocycles. The lowest BCUT2D eigenvalue weighted by atomic mass is 9.72. The van der Waals surface area contributed by atoms with Gasteiger partial charge in [0.15, 0.2) is 0 Å². The van der Waals surface area contributed by atoms with Crippen LogP contribution in [0.4, 0.5) is 0 Å². The van der Waals surface area contributed by atoms with E-state index in [1.54, 1.807) is 0 Å². The average Bonchev–Trinajstić information content (AvgIpc) is 2.20. The maximum absolute atomic E-state index is 6.33. The zero-order valence-corrected chi connectivity index (χ0v) is 12.3. The minimum atomic E-state index is 0.399. The summed E-state index contributed by atoms with van der Waals surface area (Å²) < 4.78 is 0. The molecule has 0 aliphatic heterocycles. The van der Waals surface area contributed by atoms with Crippen LogP contribution >= 0.6 is 0 Å². The van der Waals surface area contributed by atoms with E-state index in [2.05, 4.69) is 44.8 Å². The van der Waals surface area contributed by atoms with Crippen LogP contribution in [0.5, 0.6) is 0 Å². The summed E-state index contributed by atoms with van der Waals surface area (Å²) in [5, 5.41) is 0. The number of hydrogen-bond donors (Lipinski definition) is 1. The van der Waals surface area contributed by atoms with Crippen molar-refractivity contribution in [2.24, 2.45) is 23.5 Å². The van der Waals surface area contributed by atoms with Crippen LogP contribution in [-0.2, 0) is 0 Å². The first-order valence-corrected chi connectivity index (χ1v) is 6.99. The van der Waals surface area contributed by atoms with Gasteiger partial charge in [-0.25, -0.2) is 0 Å². The molecule has 0 radical (unpaired) electrons. The van der Waals surface area contributed by atoms with Crippen molar-refractivity contribution in [1.82, 2.24) is 9.80 Å². The number of rotatable bonds is 5. The predicted molar refractivity (Wildman–Crippen MR) is 75.1 cm³/mol. The molecule has 0 aromatic carbocycles. The van der Waals surface area contributed by atoms with E-state index in [9.17, 15) is 0 Å². The predicted octanol–water partition coefficient (Wildman–Crippen LogP) is 1.49. The molecule has 0 bridgehead atoms. The molecule has 102 valence electrons. The molecule has 3 heteroatoms. The van der Waals surface area contributed by atoms with Crippen LogP contribution in [0, 0.1) is 17.8 Å². The van der Waals surface area contributed by atoms with Crippen LogP contribution in [-0.4, -0.2) is 56.6 Å². The molecular weight excluding hydrogens is 210 g/mol. The topological polar surface area (TPSA) is 32.5 Å². The third-order valence-corrected chi connectivity index (χ3v) is 4.18. The lowest BCUT2D eigenvalue weighted by molar-refractivity contribution is 0.126. The Kier molecular flexibility index (Phi) is 5.90. The summed E-state index contributed by atoms with van der Waals surface area (Å²) in [6.07, 6.45) is 2.55. The van der Waals surface area contributed by atoms with Crippen molar-refractivity contribution in [3.63, 3.8) is 0 Å². The molecule has 0 aromatic heterocycles. The van der Waals surface area contributed by atoms with Gasteiger partial charge in [-0.2, -0.15) is 0 Å². The van der Waals surface area contributed by atoms with Gasteiger partial charge in [0, 0.05) is 25.7 Å². The van der Waals surface area contributed by atoms with E-state index in [0.717, 1.165) is 31.5 Å². The Morgan fingerprint density at radius 3 is 2.24 bits per heavy atom. The number of hydrogen-bond acceptors (Lipinski definition) is 3. The highest BCUT2D eigenvalue weighted by molar-refractivity contribution is 4.86. The number of nitrogens with zero attached hydrogens (tertiary/aromatic N) is 2. The van der Waals surface area contributed by atoms with Crippen LogP contribution in [0.25, 0.3) is 0 Å². The largest absolute Gasteiger partial charge is 0.327 e. The first-order valence-electron chi connectivity index (χ1n) is 6.99. The van der Waals surface area contributed by atoms with Crippen LogP contribution in [0.15, 0.2) is 0 Å². The first-order chi connectivity index (χ1) is 7.90. The van der Waals surface area contributed by atoms with Crippen LogP contribution in [0.3, 0.4) is 0 Å². The second-order valence-corrected chi connectivity index (χ2v) is 6.45. The van der Waals surface area contributed by atoms with Crippen molar-refractivity contribution in [2.45, 2.75) is 32.7 Å². The van der Waals surface area contributed by atoms with Gasteiger partial charge < -0.3 is 15.5 Å². The standard InChI is InChI=1S/C14H31N3/c1-11-8-12(2)13(14(15)9-11)10-17(5)7-6-16(3)4/h11-14H,6-10,15H2,1-5H3. The summed E-state index contributed by atoms with van der Waals surface area (Å²) in [6, 6.07) is 0.399. The third kappa shape index (κ3) is 4.94. The van der Waals surface area contributed by atoms with Crippen molar-refractivity contribution in [3.05, 3.63) is 0 Å².